The number of ether oxygens (including phenoxy) is 2. The summed E-state index contributed by atoms with van der Waals surface area (Å²) in [5.74, 6) is 1.86. The second-order valence-electron chi connectivity index (χ2n) is 10.1. The van der Waals surface area contributed by atoms with Crippen LogP contribution in [-0.2, 0) is 12.8 Å². The van der Waals surface area contributed by atoms with Crippen LogP contribution >= 0.6 is 0 Å². The molecule has 1 aliphatic carbocycles. The number of rotatable bonds is 10. The highest BCUT2D eigenvalue weighted by atomic mass is 16.5. The molecule has 1 heterocycles. The van der Waals surface area contributed by atoms with Crippen LogP contribution in [0.25, 0.3) is 11.1 Å². The minimum Gasteiger partial charge on any atom is -0.504 e. The lowest BCUT2D eigenvalue weighted by molar-refractivity contribution is 0.198. The Morgan fingerprint density at radius 3 is 2.38 bits per heavy atom. The van der Waals surface area contributed by atoms with Gasteiger partial charge in [-0.15, -0.1) is 0 Å². The van der Waals surface area contributed by atoms with Crippen LogP contribution in [0.1, 0.15) is 93.0 Å². The van der Waals surface area contributed by atoms with E-state index in [1.165, 1.54) is 30.4 Å². The lowest BCUT2D eigenvalue weighted by Gasteiger charge is -2.45. The van der Waals surface area contributed by atoms with Gasteiger partial charge in [-0.2, -0.15) is 0 Å². The molecule has 2 unspecified atom stereocenters. The maximum absolute atomic E-state index is 11.6. The van der Waals surface area contributed by atoms with Crippen molar-refractivity contribution in [3.8, 4) is 34.1 Å². The summed E-state index contributed by atoms with van der Waals surface area (Å²) in [6, 6.07) is 3.94. The van der Waals surface area contributed by atoms with Crippen LogP contribution in [0, 0.1) is 0 Å². The van der Waals surface area contributed by atoms with Gasteiger partial charge in [-0.05, 0) is 73.0 Å². The molecule has 2 N–H and O–H groups in total. The molecule has 2 aromatic rings. The van der Waals surface area contributed by atoms with Gasteiger partial charge in [0.25, 0.3) is 0 Å². The van der Waals surface area contributed by atoms with Gasteiger partial charge >= 0.3 is 0 Å². The molecule has 0 saturated heterocycles. The average Bonchev–Trinajstić information content (AvgIpc) is 2.82. The van der Waals surface area contributed by atoms with Gasteiger partial charge in [0.15, 0.2) is 23.0 Å². The number of benzene rings is 2. The van der Waals surface area contributed by atoms with Crippen molar-refractivity contribution >= 4 is 0 Å². The Hall–Kier alpha value is -2.40. The molecule has 2 aromatic carbocycles. The third-order valence-corrected chi connectivity index (χ3v) is 7.87. The largest absolute Gasteiger partial charge is 0.504 e. The summed E-state index contributed by atoms with van der Waals surface area (Å²) < 4.78 is 11.4. The molecule has 0 saturated carbocycles. The van der Waals surface area contributed by atoms with Crippen LogP contribution in [-0.4, -0.2) is 42.9 Å². The van der Waals surface area contributed by atoms with E-state index in [2.05, 4.69) is 25.8 Å². The van der Waals surface area contributed by atoms with Gasteiger partial charge in [0, 0.05) is 23.7 Å². The van der Waals surface area contributed by atoms with E-state index in [1.54, 1.807) is 14.2 Å². The van der Waals surface area contributed by atoms with Gasteiger partial charge in [-0.1, -0.05) is 46.0 Å². The predicted molar refractivity (Wildman–Crippen MR) is 137 cm³/mol. The summed E-state index contributed by atoms with van der Waals surface area (Å²) in [7, 11) is 5.44. The monoisotopic (exact) mass is 467 g/mol. The molecule has 0 aromatic heterocycles. The lowest BCUT2D eigenvalue weighted by atomic mass is 9.70. The molecule has 4 rings (SSSR count). The number of hydrogen-bond acceptors (Lipinski definition) is 5. The molecular formula is C29H41NO4. The normalized spacial score (nSPS) is 19.0. The summed E-state index contributed by atoms with van der Waals surface area (Å²) in [6.45, 7) is 5.46. The molecule has 0 amide bonds. The summed E-state index contributed by atoms with van der Waals surface area (Å²) >= 11 is 0. The standard InChI is InChI=1S/C29H41NO4/c1-6-8-10-12-18-17-30(3)22-14-19-15-23(31)24(33-4)16-21(19)26-27(22)25(18)20(13-11-9-7-2)28(32)29(26)34-5/h15-16,18,22,31-32H,6-14,17H2,1-5H3. The molecule has 0 radical (unpaired) electrons. The fraction of sp³-hybridized carbons (Fsp3) is 0.586. The minimum absolute atomic E-state index is 0.153. The zero-order valence-electron chi connectivity index (χ0n) is 21.5. The molecule has 186 valence electrons. The van der Waals surface area contributed by atoms with Crippen molar-refractivity contribution in [2.75, 3.05) is 27.8 Å². The van der Waals surface area contributed by atoms with E-state index in [1.807, 2.05) is 12.1 Å². The van der Waals surface area contributed by atoms with E-state index < -0.39 is 0 Å². The number of hydrogen-bond donors (Lipinski definition) is 2. The van der Waals surface area contributed by atoms with Gasteiger partial charge in [0.05, 0.1) is 14.2 Å². The first-order valence-corrected chi connectivity index (χ1v) is 13.0. The Morgan fingerprint density at radius 1 is 0.971 bits per heavy atom. The quantitative estimate of drug-likeness (QED) is 0.380. The maximum atomic E-state index is 11.6. The average molecular weight is 468 g/mol. The predicted octanol–water partition coefficient (Wildman–Crippen LogP) is 6.72. The van der Waals surface area contributed by atoms with Crippen LogP contribution < -0.4 is 9.47 Å². The van der Waals surface area contributed by atoms with E-state index >= 15 is 0 Å². The Bertz CT molecular complexity index is 1030. The van der Waals surface area contributed by atoms with Crippen LogP contribution in [0.4, 0.5) is 0 Å². The minimum atomic E-state index is 0.153. The van der Waals surface area contributed by atoms with Crippen molar-refractivity contribution in [3.05, 3.63) is 34.4 Å². The Balaban J connectivity index is 1.99. The fourth-order valence-electron chi connectivity index (χ4n) is 6.19. The zero-order valence-corrected chi connectivity index (χ0v) is 21.5. The second kappa shape index (κ2) is 10.5. The van der Waals surface area contributed by atoms with Crippen molar-refractivity contribution in [2.24, 2.45) is 0 Å². The van der Waals surface area contributed by atoms with Gasteiger partial charge in [-0.25, -0.2) is 0 Å². The molecule has 0 spiro atoms. The molecule has 2 atom stereocenters. The van der Waals surface area contributed by atoms with Crippen molar-refractivity contribution in [2.45, 2.75) is 83.6 Å². The third-order valence-electron chi connectivity index (χ3n) is 7.87. The summed E-state index contributed by atoms with van der Waals surface area (Å²) in [5.41, 5.74) is 6.81. The number of aromatic hydroxyl groups is 2. The van der Waals surface area contributed by atoms with Crippen LogP contribution in [0.2, 0.25) is 0 Å². The van der Waals surface area contributed by atoms with E-state index in [0.29, 0.717) is 23.2 Å². The lowest BCUT2D eigenvalue weighted by Crippen LogP contribution is -2.39. The highest BCUT2D eigenvalue weighted by Crippen LogP contribution is 2.57. The van der Waals surface area contributed by atoms with Crippen molar-refractivity contribution in [1.82, 2.24) is 4.90 Å². The Kier molecular flexibility index (Phi) is 7.61. The maximum Gasteiger partial charge on any atom is 0.168 e. The number of unbranched alkanes of at least 4 members (excludes halogenated alkanes) is 4. The van der Waals surface area contributed by atoms with E-state index in [-0.39, 0.29) is 11.8 Å². The molecule has 34 heavy (non-hydrogen) atoms. The Morgan fingerprint density at radius 2 is 1.71 bits per heavy atom. The number of nitrogens with zero attached hydrogens (tertiary/aromatic N) is 1. The zero-order chi connectivity index (χ0) is 24.4. The van der Waals surface area contributed by atoms with Crippen molar-refractivity contribution in [1.29, 1.82) is 0 Å². The Labute approximate surface area is 204 Å². The van der Waals surface area contributed by atoms with Crippen molar-refractivity contribution in [3.63, 3.8) is 0 Å². The first kappa shape index (κ1) is 24.7. The summed E-state index contributed by atoms with van der Waals surface area (Å²) in [4.78, 5) is 2.47. The van der Waals surface area contributed by atoms with Gasteiger partial charge in [0.2, 0.25) is 0 Å². The number of methoxy groups -OCH3 is 2. The SMILES string of the molecule is CCCCCc1c(O)c(OC)c2c3c1C(CCCCC)CN(C)C3Cc1cc(O)c(OC)cc1-2. The molecule has 0 fully saturated rings. The smallest absolute Gasteiger partial charge is 0.168 e. The topological polar surface area (TPSA) is 62.2 Å². The van der Waals surface area contributed by atoms with Gasteiger partial charge < -0.3 is 19.7 Å². The molecule has 2 aliphatic rings. The van der Waals surface area contributed by atoms with Gasteiger partial charge in [-0.3, -0.25) is 4.90 Å². The van der Waals surface area contributed by atoms with Crippen LogP contribution in [0.5, 0.6) is 23.0 Å². The fourth-order valence-corrected chi connectivity index (χ4v) is 6.19. The van der Waals surface area contributed by atoms with Crippen LogP contribution in [0.3, 0.4) is 0 Å². The number of phenolic OH excluding ortho intramolecular Hbond substituents is 2. The first-order valence-electron chi connectivity index (χ1n) is 13.0. The summed E-state index contributed by atoms with van der Waals surface area (Å²) in [5, 5.41) is 22.1. The third kappa shape index (κ3) is 4.24. The number of fused-ring (bicyclic) bond motifs is 2. The molecular weight excluding hydrogens is 426 g/mol. The van der Waals surface area contributed by atoms with E-state index in [0.717, 1.165) is 67.3 Å². The molecule has 1 aliphatic heterocycles. The van der Waals surface area contributed by atoms with E-state index in [4.69, 9.17) is 9.47 Å². The molecule has 0 bridgehead atoms. The molecule has 5 heteroatoms. The number of likely N-dealkylation sites (N-methyl/N-ethyl adjacent to an activating group) is 1. The summed E-state index contributed by atoms with van der Waals surface area (Å²) in [6.07, 6.45) is 9.86. The highest BCUT2D eigenvalue weighted by molar-refractivity contribution is 5.86. The van der Waals surface area contributed by atoms with Crippen molar-refractivity contribution < 1.29 is 19.7 Å². The second-order valence-corrected chi connectivity index (χ2v) is 10.1. The highest BCUT2D eigenvalue weighted by Gasteiger charge is 2.41. The van der Waals surface area contributed by atoms with Crippen LogP contribution in [0.15, 0.2) is 12.1 Å². The number of phenols is 2. The molecule has 5 nitrogen and oxygen atoms in total. The first-order chi connectivity index (χ1) is 16.5. The van der Waals surface area contributed by atoms with E-state index in [9.17, 15) is 10.2 Å². The van der Waals surface area contributed by atoms with Gasteiger partial charge in [0.1, 0.15) is 0 Å².